The van der Waals surface area contributed by atoms with Gasteiger partial charge in [-0.05, 0) is 37.4 Å². The molecule has 1 saturated heterocycles. The molecule has 2 bridgehead atoms. The van der Waals surface area contributed by atoms with Gasteiger partial charge in [0.25, 0.3) is 0 Å². The summed E-state index contributed by atoms with van der Waals surface area (Å²) in [5.74, 6) is 1.50. The zero-order chi connectivity index (χ0) is 17.3. The lowest BCUT2D eigenvalue weighted by Gasteiger charge is -2.39. The molecule has 8 nitrogen and oxygen atoms in total. The Morgan fingerprint density at radius 2 is 2.12 bits per heavy atom. The van der Waals surface area contributed by atoms with Crippen LogP contribution in [-0.2, 0) is 9.53 Å². The number of carbonyl (C=O) groups is 1. The lowest BCUT2D eigenvalue weighted by atomic mass is 10.2. The summed E-state index contributed by atoms with van der Waals surface area (Å²) in [5.41, 5.74) is 0. The molecule has 24 heavy (non-hydrogen) atoms. The standard InChI is InChI=1S/C9H14N4O3S.C6H4O/c1-6-10-11-8(17-6)13(15)5-4-12(3)9(13)16-7(2)14;1-2-5-4-6(3-1)7-5/h9H,4-5H2,1-3H3;1-4H. The number of quaternary nitrogens is 1. The summed E-state index contributed by atoms with van der Waals surface area (Å²) in [4.78, 5) is 12.8. The fourth-order valence-electron chi connectivity index (χ4n) is 2.48. The zero-order valence-electron chi connectivity index (χ0n) is 13.6. The van der Waals surface area contributed by atoms with Crippen molar-refractivity contribution in [1.29, 1.82) is 0 Å². The minimum absolute atomic E-state index is 0.309. The molecule has 1 aromatic carbocycles. The molecule has 0 saturated carbocycles. The Labute approximate surface area is 143 Å². The Bertz CT molecular complexity index is 728. The number of hydroxylamine groups is 2. The highest BCUT2D eigenvalue weighted by Crippen LogP contribution is 2.34. The molecule has 3 aliphatic heterocycles. The first-order valence-electron chi connectivity index (χ1n) is 7.43. The van der Waals surface area contributed by atoms with Gasteiger partial charge in [0.15, 0.2) is 0 Å². The number of fused-ring (bicyclic) bond motifs is 2. The van der Waals surface area contributed by atoms with E-state index in [1.165, 1.54) is 18.3 Å². The Kier molecular flexibility index (Phi) is 4.50. The molecule has 4 heterocycles. The number of esters is 1. The van der Waals surface area contributed by atoms with Crippen molar-refractivity contribution in [3.8, 4) is 11.5 Å². The second kappa shape index (κ2) is 6.44. The van der Waals surface area contributed by atoms with Gasteiger partial charge in [-0.3, -0.25) is 9.44 Å². The summed E-state index contributed by atoms with van der Waals surface area (Å²) >= 11 is 1.24. The normalized spacial score (nSPS) is 24.4. The van der Waals surface area contributed by atoms with E-state index in [-0.39, 0.29) is 0 Å². The van der Waals surface area contributed by atoms with Crippen LogP contribution in [0.3, 0.4) is 0 Å². The highest BCUT2D eigenvalue weighted by molar-refractivity contribution is 7.15. The third-order valence-corrected chi connectivity index (χ3v) is 4.62. The first-order chi connectivity index (χ1) is 11.4. The highest BCUT2D eigenvalue weighted by Gasteiger charge is 2.45. The SMILES string of the molecule is CC(=O)OC1N(C)CC[N+]1([O-])c1nnc(C)s1.c1cc2cc(c1)O2. The number of ether oxygens (including phenoxy) is 2. The molecule has 3 aliphatic rings. The van der Waals surface area contributed by atoms with Gasteiger partial charge in [0, 0.05) is 13.0 Å². The molecular formula is C15H18N4O4S. The van der Waals surface area contributed by atoms with Crippen molar-refractivity contribution in [1.82, 2.24) is 19.7 Å². The van der Waals surface area contributed by atoms with E-state index in [1.54, 1.807) is 18.9 Å². The van der Waals surface area contributed by atoms with E-state index in [4.69, 9.17) is 9.47 Å². The van der Waals surface area contributed by atoms with E-state index in [0.717, 1.165) is 16.5 Å². The van der Waals surface area contributed by atoms with Crippen LogP contribution >= 0.6 is 11.3 Å². The molecule has 2 unspecified atom stereocenters. The van der Waals surface area contributed by atoms with E-state index < -0.39 is 17.0 Å². The summed E-state index contributed by atoms with van der Waals surface area (Å²) in [6, 6.07) is 7.86. The highest BCUT2D eigenvalue weighted by atomic mass is 32.1. The molecule has 0 N–H and O–H groups in total. The number of hydrogen-bond acceptors (Lipinski definition) is 8. The van der Waals surface area contributed by atoms with Gasteiger partial charge in [0.05, 0.1) is 6.54 Å². The third-order valence-electron chi connectivity index (χ3n) is 3.67. The van der Waals surface area contributed by atoms with Gasteiger partial charge in [0.2, 0.25) is 0 Å². The molecule has 5 rings (SSSR count). The maximum absolute atomic E-state index is 12.7. The van der Waals surface area contributed by atoms with Crippen molar-refractivity contribution in [3.05, 3.63) is 34.5 Å². The van der Waals surface area contributed by atoms with Crippen LogP contribution in [0.15, 0.2) is 24.3 Å². The van der Waals surface area contributed by atoms with Crippen LogP contribution in [-0.4, -0.2) is 47.6 Å². The second-order valence-electron chi connectivity index (χ2n) is 5.62. The van der Waals surface area contributed by atoms with Gasteiger partial charge in [-0.2, -0.15) is 0 Å². The van der Waals surface area contributed by atoms with Crippen LogP contribution in [0.4, 0.5) is 5.13 Å². The molecule has 2 aromatic rings. The van der Waals surface area contributed by atoms with Gasteiger partial charge in [-0.25, -0.2) is 4.90 Å². The average molecular weight is 350 g/mol. The second-order valence-corrected chi connectivity index (χ2v) is 6.78. The number of likely N-dealkylation sites (N-methyl/N-ethyl adjacent to an activating group) is 1. The van der Waals surface area contributed by atoms with Crippen LogP contribution in [0.25, 0.3) is 0 Å². The van der Waals surface area contributed by atoms with Gasteiger partial charge >= 0.3 is 17.5 Å². The first-order valence-corrected chi connectivity index (χ1v) is 8.25. The lowest BCUT2D eigenvalue weighted by molar-refractivity contribution is -0.161. The fraction of sp³-hybridized carbons (Fsp3) is 0.400. The summed E-state index contributed by atoms with van der Waals surface area (Å²) in [6.07, 6.45) is -0.861. The number of carbonyl (C=O) groups excluding carboxylic acids is 1. The predicted molar refractivity (Wildman–Crippen MR) is 89.4 cm³/mol. The minimum atomic E-state index is -0.861. The van der Waals surface area contributed by atoms with Gasteiger partial charge in [0.1, 0.15) is 23.1 Å². The number of nitrogens with zero attached hydrogens (tertiary/aromatic N) is 4. The zero-order valence-corrected chi connectivity index (χ0v) is 14.4. The first kappa shape index (κ1) is 16.8. The monoisotopic (exact) mass is 350 g/mol. The van der Waals surface area contributed by atoms with Gasteiger partial charge in [-0.15, -0.1) is 5.10 Å². The maximum Gasteiger partial charge on any atom is 0.310 e. The Morgan fingerprint density at radius 3 is 2.54 bits per heavy atom. The number of rotatable bonds is 2. The molecule has 1 aromatic heterocycles. The van der Waals surface area contributed by atoms with Crippen molar-refractivity contribution in [3.63, 3.8) is 0 Å². The van der Waals surface area contributed by atoms with Crippen molar-refractivity contribution in [2.24, 2.45) is 0 Å². The molecule has 0 radical (unpaired) electrons. The van der Waals surface area contributed by atoms with Crippen molar-refractivity contribution >= 4 is 22.4 Å². The number of aromatic nitrogens is 2. The van der Waals surface area contributed by atoms with Crippen LogP contribution in [0, 0.1) is 12.1 Å². The van der Waals surface area contributed by atoms with E-state index in [0.29, 0.717) is 18.2 Å². The van der Waals surface area contributed by atoms with E-state index in [9.17, 15) is 10.0 Å². The van der Waals surface area contributed by atoms with Crippen molar-refractivity contribution in [2.75, 3.05) is 20.1 Å². The Balaban J connectivity index is 0.000000198. The smallest absolute Gasteiger partial charge is 0.310 e. The molecule has 1 fully saturated rings. The summed E-state index contributed by atoms with van der Waals surface area (Å²) < 4.78 is 9.34. The van der Waals surface area contributed by atoms with Gasteiger partial charge in [-0.1, -0.05) is 11.2 Å². The Hall–Kier alpha value is -2.07. The molecule has 0 amide bonds. The largest absolute Gasteiger partial charge is 0.622 e. The topological polar surface area (TPSA) is 87.6 Å². The predicted octanol–water partition coefficient (Wildman–Crippen LogP) is 2.24. The maximum atomic E-state index is 12.7. The fourth-order valence-corrected chi connectivity index (χ4v) is 3.24. The molecule has 2 atom stereocenters. The number of benzene rings is 1. The van der Waals surface area contributed by atoms with Crippen LogP contribution in [0.2, 0.25) is 0 Å². The minimum Gasteiger partial charge on any atom is -0.622 e. The van der Waals surface area contributed by atoms with Gasteiger partial charge < -0.3 is 14.7 Å². The average Bonchev–Trinajstić information content (AvgIpc) is 3.08. The third kappa shape index (κ3) is 3.24. The molecule has 0 spiro atoms. The quantitative estimate of drug-likeness (QED) is 0.398. The summed E-state index contributed by atoms with van der Waals surface area (Å²) in [5, 5.41) is 21.5. The van der Waals surface area contributed by atoms with Crippen molar-refractivity contribution in [2.45, 2.75) is 20.2 Å². The molecular weight excluding hydrogens is 332 g/mol. The van der Waals surface area contributed by atoms with Crippen molar-refractivity contribution < 1.29 is 14.3 Å². The Morgan fingerprint density at radius 1 is 1.46 bits per heavy atom. The molecule has 0 aliphatic carbocycles. The molecule has 128 valence electrons. The number of aryl methyl sites for hydroxylation is 1. The van der Waals surface area contributed by atoms with Crippen LogP contribution < -0.4 is 9.38 Å². The summed E-state index contributed by atoms with van der Waals surface area (Å²) in [6.45, 7) is 3.94. The van der Waals surface area contributed by atoms with E-state index in [1.807, 2.05) is 24.3 Å². The van der Waals surface area contributed by atoms with Crippen LogP contribution in [0.5, 0.6) is 11.5 Å². The van der Waals surface area contributed by atoms with Crippen LogP contribution in [0.1, 0.15) is 11.9 Å². The van der Waals surface area contributed by atoms with E-state index >= 15 is 0 Å². The summed E-state index contributed by atoms with van der Waals surface area (Å²) in [7, 11) is 1.75. The number of hydrogen-bond donors (Lipinski definition) is 0. The van der Waals surface area contributed by atoms with E-state index in [2.05, 4.69) is 10.2 Å². The lowest BCUT2D eigenvalue weighted by Crippen LogP contribution is -2.53. The molecule has 9 heteroatoms.